The SMILES string of the molecule is CN(C)Cc1ccc(C(=O)N2CCCCC2)cc1. The lowest BCUT2D eigenvalue weighted by atomic mass is 10.1. The predicted octanol–water partition coefficient (Wildman–Crippen LogP) is 2.37. The highest BCUT2D eigenvalue weighted by Crippen LogP contribution is 2.14. The van der Waals surface area contributed by atoms with Crippen molar-refractivity contribution >= 4 is 5.91 Å². The summed E-state index contributed by atoms with van der Waals surface area (Å²) in [5.74, 6) is 0.186. The number of carbonyl (C=O) groups excluding carboxylic acids is 1. The van der Waals surface area contributed by atoms with E-state index in [1.54, 1.807) is 0 Å². The van der Waals surface area contributed by atoms with E-state index in [0.29, 0.717) is 0 Å². The molecule has 0 aromatic heterocycles. The van der Waals surface area contributed by atoms with Gasteiger partial charge in [-0.3, -0.25) is 4.79 Å². The van der Waals surface area contributed by atoms with Crippen molar-refractivity contribution < 1.29 is 4.79 Å². The number of amides is 1. The van der Waals surface area contributed by atoms with Crippen molar-refractivity contribution in [3.63, 3.8) is 0 Å². The summed E-state index contributed by atoms with van der Waals surface area (Å²) in [6, 6.07) is 8.01. The van der Waals surface area contributed by atoms with Crippen LogP contribution in [0.25, 0.3) is 0 Å². The number of benzene rings is 1. The predicted molar refractivity (Wildman–Crippen MR) is 73.6 cm³/mol. The minimum Gasteiger partial charge on any atom is -0.339 e. The summed E-state index contributed by atoms with van der Waals surface area (Å²) in [6.07, 6.45) is 3.54. The van der Waals surface area contributed by atoms with Crippen LogP contribution in [0.1, 0.15) is 35.2 Å². The molecule has 3 nitrogen and oxygen atoms in total. The van der Waals surface area contributed by atoms with Crippen LogP contribution in [-0.4, -0.2) is 42.9 Å². The van der Waals surface area contributed by atoms with Crippen LogP contribution in [-0.2, 0) is 6.54 Å². The van der Waals surface area contributed by atoms with E-state index in [1.807, 2.05) is 31.1 Å². The van der Waals surface area contributed by atoms with E-state index < -0.39 is 0 Å². The van der Waals surface area contributed by atoms with Gasteiger partial charge in [0.05, 0.1) is 0 Å². The van der Waals surface area contributed by atoms with E-state index in [9.17, 15) is 4.79 Å². The smallest absolute Gasteiger partial charge is 0.253 e. The molecule has 1 aliphatic heterocycles. The molecule has 1 amide bonds. The largest absolute Gasteiger partial charge is 0.339 e. The molecule has 0 unspecified atom stereocenters. The van der Waals surface area contributed by atoms with Crippen molar-refractivity contribution in [1.29, 1.82) is 0 Å². The van der Waals surface area contributed by atoms with Gasteiger partial charge in [-0.15, -0.1) is 0 Å². The number of nitrogens with zero attached hydrogens (tertiary/aromatic N) is 2. The van der Waals surface area contributed by atoms with Crippen LogP contribution in [0.4, 0.5) is 0 Å². The van der Waals surface area contributed by atoms with Crippen molar-refractivity contribution in [1.82, 2.24) is 9.80 Å². The van der Waals surface area contributed by atoms with Crippen molar-refractivity contribution in [2.45, 2.75) is 25.8 Å². The van der Waals surface area contributed by atoms with Gasteiger partial charge in [-0.05, 0) is 51.1 Å². The Kier molecular flexibility index (Phi) is 4.37. The van der Waals surface area contributed by atoms with Crippen LogP contribution in [0.15, 0.2) is 24.3 Å². The molecule has 1 heterocycles. The van der Waals surface area contributed by atoms with E-state index in [4.69, 9.17) is 0 Å². The summed E-state index contributed by atoms with van der Waals surface area (Å²) >= 11 is 0. The Morgan fingerprint density at radius 1 is 1.11 bits per heavy atom. The minimum absolute atomic E-state index is 0.186. The van der Waals surface area contributed by atoms with E-state index in [1.165, 1.54) is 12.0 Å². The molecule has 18 heavy (non-hydrogen) atoms. The zero-order valence-electron chi connectivity index (χ0n) is 11.4. The molecule has 3 heteroatoms. The molecule has 1 fully saturated rings. The average Bonchev–Trinajstić information content (AvgIpc) is 2.39. The number of likely N-dealkylation sites (tertiary alicyclic amines) is 1. The maximum atomic E-state index is 12.2. The Bertz CT molecular complexity index is 391. The summed E-state index contributed by atoms with van der Waals surface area (Å²) < 4.78 is 0. The molecule has 0 atom stereocenters. The van der Waals surface area contributed by atoms with Crippen molar-refractivity contribution in [3.05, 3.63) is 35.4 Å². The van der Waals surface area contributed by atoms with Gasteiger partial charge in [-0.2, -0.15) is 0 Å². The maximum absolute atomic E-state index is 12.2. The van der Waals surface area contributed by atoms with Gasteiger partial charge in [-0.1, -0.05) is 12.1 Å². The highest BCUT2D eigenvalue weighted by Gasteiger charge is 2.17. The first kappa shape index (κ1) is 13.1. The van der Waals surface area contributed by atoms with E-state index in [0.717, 1.165) is 38.0 Å². The lowest BCUT2D eigenvalue weighted by Gasteiger charge is -2.26. The average molecular weight is 246 g/mol. The molecule has 0 aliphatic carbocycles. The third kappa shape index (κ3) is 3.33. The second-order valence-electron chi connectivity index (χ2n) is 5.29. The third-order valence-electron chi connectivity index (χ3n) is 3.34. The van der Waals surface area contributed by atoms with E-state index >= 15 is 0 Å². The van der Waals surface area contributed by atoms with Gasteiger partial charge in [0.15, 0.2) is 0 Å². The zero-order chi connectivity index (χ0) is 13.0. The second-order valence-corrected chi connectivity index (χ2v) is 5.29. The van der Waals surface area contributed by atoms with Gasteiger partial charge in [0.1, 0.15) is 0 Å². The summed E-state index contributed by atoms with van der Waals surface area (Å²) in [6.45, 7) is 2.74. The monoisotopic (exact) mass is 246 g/mol. The van der Waals surface area contributed by atoms with Crippen LogP contribution in [0.2, 0.25) is 0 Å². The zero-order valence-corrected chi connectivity index (χ0v) is 11.4. The fourth-order valence-electron chi connectivity index (χ4n) is 2.40. The highest BCUT2D eigenvalue weighted by atomic mass is 16.2. The molecule has 2 rings (SSSR count). The molecule has 0 saturated carbocycles. The molecule has 0 bridgehead atoms. The van der Waals surface area contributed by atoms with Crippen LogP contribution >= 0.6 is 0 Å². The summed E-state index contributed by atoms with van der Waals surface area (Å²) in [5, 5.41) is 0. The first-order valence-electron chi connectivity index (χ1n) is 6.70. The van der Waals surface area contributed by atoms with Crippen LogP contribution in [0, 0.1) is 0 Å². The summed E-state index contributed by atoms with van der Waals surface area (Å²) in [7, 11) is 4.10. The van der Waals surface area contributed by atoms with Crippen LogP contribution in [0.5, 0.6) is 0 Å². The number of rotatable bonds is 3. The molecule has 98 valence electrons. The second kappa shape index (κ2) is 6.01. The Balaban J connectivity index is 2.02. The fourth-order valence-corrected chi connectivity index (χ4v) is 2.40. The normalized spacial score (nSPS) is 16.1. The van der Waals surface area contributed by atoms with Gasteiger partial charge in [0, 0.05) is 25.2 Å². The van der Waals surface area contributed by atoms with Gasteiger partial charge in [-0.25, -0.2) is 0 Å². The number of carbonyl (C=O) groups is 1. The van der Waals surface area contributed by atoms with Gasteiger partial charge >= 0.3 is 0 Å². The highest BCUT2D eigenvalue weighted by molar-refractivity contribution is 5.94. The molecule has 1 saturated heterocycles. The quantitative estimate of drug-likeness (QED) is 0.817. The van der Waals surface area contributed by atoms with Gasteiger partial charge in [0.25, 0.3) is 5.91 Å². The van der Waals surface area contributed by atoms with Crippen LogP contribution < -0.4 is 0 Å². The number of hydrogen-bond acceptors (Lipinski definition) is 2. The third-order valence-corrected chi connectivity index (χ3v) is 3.34. The Labute approximate surface area is 109 Å². The Hall–Kier alpha value is -1.35. The lowest BCUT2D eigenvalue weighted by molar-refractivity contribution is 0.0724. The molecular formula is C15H22N2O. The van der Waals surface area contributed by atoms with Gasteiger partial charge < -0.3 is 9.80 Å². The fraction of sp³-hybridized carbons (Fsp3) is 0.533. The first-order chi connectivity index (χ1) is 8.66. The minimum atomic E-state index is 0.186. The molecular weight excluding hydrogens is 224 g/mol. The topological polar surface area (TPSA) is 23.6 Å². The Morgan fingerprint density at radius 3 is 2.28 bits per heavy atom. The van der Waals surface area contributed by atoms with E-state index in [-0.39, 0.29) is 5.91 Å². The Morgan fingerprint density at radius 2 is 1.72 bits per heavy atom. The lowest BCUT2D eigenvalue weighted by Crippen LogP contribution is -2.35. The van der Waals surface area contributed by atoms with Crippen molar-refractivity contribution in [2.24, 2.45) is 0 Å². The number of hydrogen-bond donors (Lipinski definition) is 0. The van der Waals surface area contributed by atoms with Gasteiger partial charge in [0.2, 0.25) is 0 Å². The number of piperidine rings is 1. The van der Waals surface area contributed by atoms with E-state index in [2.05, 4.69) is 17.0 Å². The van der Waals surface area contributed by atoms with Crippen molar-refractivity contribution in [3.8, 4) is 0 Å². The molecule has 0 spiro atoms. The standard InChI is InChI=1S/C15H22N2O/c1-16(2)12-13-6-8-14(9-7-13)15(18)17-10-4-3-5-11-17/h6-9H,3-5,10-12H2,1-2H3. The molecule has 0 radical (unpaired) electrons. The molecule has 0 N–H and O–H groups in total. The van der Waals surface area contributed by atoms with Crippen LogP contribution in [0.3, 0.4) is 0 Å². The molecule has 1 aromatic rings. The summed E-state index contributed by atoms with van der Waals surface area (Å²) in [5.41, 5.74) is 2.06. The summed E-state index contributed by atoms with van der Waals surface area (Å²) in [4.78, 5) is 16.4. The molecule has 1 aromatic carbocycles. The molecule has 1 aliphatic rings. The first-order valence-corrected chi connectivity index (χ1v) is 6.70. The van der Waals surface area contributed by atoms with Crippen molar-refractivity contribution in [2.75, 3.05) is 27.2 Å². The maximum Gasteiger partial charge on any atom is 0.253 e.